The molecule has 0 aliphatic carbocycles. The highest BCUT2D eigenvalue weighted by Gasteiger charge is 2.28. The molecule has 3 heteroatoms. The molecule has 0 aliphatic rings. The normalized spacial score (nSPS) is 12.1. The highest BCUT2D eigenvalue weighted by molar-refractivity contribution is 5.20. The SMILES string of the molecule is CCCCC(C)(C)c1nn(C)c(C)c1F. The van der Waals surface area contributed by atoms with Gasteiger partial charge >= 0.3 is 0 Å². The van der Waals surface area contributed by atoms with Crippen LogP contribution >= 0.6 is 0 Å². The summed E-state index contributed by atoms with van der Waals surface area (Å²) < 4.78 is 15.5. The van der Waals surface area contributed by atoms with Gasteiger partial charge in [0.15, 0.2) is 5.82 Å². The fraction of sp³-hybridized carbons (Fsp3) is 0.750. The van der Waals surface area contributed by atoms with Crippen LogP contribution in [0.4, 0.5) is 4.39 Å². The molecule has 0 radical (unpaired) electrons. The summed E-state index contributed by atoms with van der Waals surface area (Å²) in [5.74, 6) is -0.140. The Morgan fingerprint density at radius 3 is 2.40 bits per heavy atom. The van der Waals surface area contributed by atoms with Crippen molar-refractivity contribution in [3.05, 3.63) is 17.2 Å². The molecule has 1 aromatic rings. The van der Waals surface area contributed by atoms with Crippen LogP contribution in [0.5, 0.6) is 0 Å². The third-order valence-electron chi connectivity index (χ3n) is 3.06. The van der Waals surface area contributed by atoms with Crippen LogP contribution in [0.3, 0.4) is 0 Å². The molecule has 0 saturated carbocycles. The number of aromatic nitrogens is 2. The number of unbranched alkanes of at least 4 members (excludes halogenated alkanes) is 1. The van der Waals surface area contributed by atoms with Crippen LogP contribution in [0.15, 0.2) is 0 Å². The number of halogens is 1. The molecule has 0 spiro atoms. The van der Waals surface area contributed by atoms with Crippen LogP contribution in [0.1, 0.15) is 51.4 Å². The summed E-state index contributed by atoms with van der Waals surface area (Å²) in [7, 11) is 1.79. The molecule has 1 aromatic heterocycles. The summed E-state index contributed by atoms with van der Waals surface area (Å²) in [6.45, 7) is 8.04. The van der Waals surface area contributed by atoms with Gasteiger partial charge in [-0.25, -0.2) is 4.39 Å². The second-order valence-corrected chi connectivity index (χ2v) is 4.86. The summed E-state index contributed by atoms with van der Waals surface area (Å²) in [5, 5.41) is 4.28. The van der Waals surface area contributed by atoms with Crippen molar-refractivity contribution in [3.8, 4) is 0 Å². The second kappa shape index (κ2) is 4.33. The van der Waals surface area contributed by atoms with Crippen LogP contribution in [0.25, 0.3) is 0 Å². The van der Waals surface area contributed by atoms with Crippen LogP contribution in [-0.4, -0.2) is 9.78 Å². The van der Waals surface area contributed by atoms with Gasteiger partial charge in [-0.15, -0.1) is 0 Å². The predicted octanol–water partition coefficient (Wildman–Crippen LogP) is 3.34. The Bertz CT molecular complexity index is 340. The number of nitrogens with zero attached hydrogens (tertiary/aromatic N) is 2. The minimum absolute atomic E-state index is 0.140. The molecule has 0 amide bonds. The first-order valence-electron chi connectivity index (χ1n) is 5.59. The van der Waals surface area contributed by atoms with E-state index in [-0.39, 0.29) is 11.2 Å². The standard InChI is InChI=1S/C12H21FN2/c1-6-7-8-12(3,4)11-10(13)9(2)15(5)14-11/h6-8H2,1-5H3. The molecule has 0 bridgehead atoms. The fourth-order valence-electron chi connectivity index (χ4n) is 1.75. The lowest BCUT2D eigenvalue weighted by molar-refractivity contribution is 0.420. The number of aryl methyl sites for hydroxylation is 1. The van der Waals surface area contributed by atoms with E-state index in [9.17, 15) is 4.39 Å². The number of rotatable bonds is 4. The molecule has 0 N–H and O–H groups in total. The Morgan fingerprint density at radius 2 is 2.00 bits per heavy atom. The molecule has 0 saturated heterocycles. The third kappa shape index (κ3) is 2.39. The van der Waals surface area contributed by atoms with Crippen molar-refractivity contribution in [2.75, 3.05) is 0 Å². The molecule has 0 aromatic carbocycles. The van der Waals surface area contributed by atoms with Gasteiger partial charge in [0.25, 0.3) is 0 Å². The molecule has 86 valence electrons. The van der Waals surface area contributed by atoms with E-state index in [0.29, 0.717) is 11.4 Å². The maximum atomic E-state index is 13.9. The summed E-state index contributed by atoms with van der Waals surface area (Å²) in [4.78, 5) is 0. The van der Waals surface area contributed by atoms with Crippen LogP contribution in [-0.2, 0) is 12.5 Å². The van der Waals surface area contributed by atoms with Crippen LogP contribution in [0, 0.1) is 12.7 Å². The van der Waals surface area contributed by atoms with Crippen molar-refractivity contribution in [1.29, 1.82) is 0 Å². The quantitative estimate of drug-likeness (QED) is 0.748. The molecule has 2 nitrogen and oxygen atoms in total. The van der Waals surface area contributed by atoms with E-state index in [0.717, 1.165) is 19.3 Å². The maximum absolute atomic E-state index is 13.9. The van der Waals surface area contributed by atoms with E-state index in [1.54, 1.807) is 18.7 Å². The van der Waals surface area contributed by atoms with Crippen molar-refractivity contribution >= 4 is 0 Å². The Labute approximate surface area is 91.5 Å². The van der Waals surface area contributed by atoms with E-state index in [4.69, 9.17) is 0 Å². The third-order valence-corrected chi connectivity index (χ3v) is 3.06. The first kappa shape index (κ1) is 12.2. The van der Waals surface area contributed by atoms with Gasteiger partial charge in [0, 0.05) is 12.5 Å². The molecule has 15 heavy (non-hydrogen) atoms. The van der Waals surface area contributed by atoms with Gasteiger partial charge in [0.2, 0.25) is 0 Å². The van der Waals surface area contributed by atoms with Crippen molar-refractivity contribution in [2.45, 2.75) is 52.4 Å². The molecule has 1 rings (SSSR count). The van der Waals surface area contributed by atoms with Gasteiger partial charge in [0.1, 0.15) is 5.69 Å². The average Bonchev–Trinajstić information content (AvgIpc) is 2.43. The Hall–Kier alpha value is -0.860. The molecule has 0 aliphatic heterocycles. The van der Waals surface area contributed by atoms with E-state index in [2.05, 4.69) is 25.9 Å². The maximum Gasteiger partial charge on any atom is 0.167 e. The average molecular weight is 212 g/mol. The molecular weight excluding hydrogens is 191 g/mol. The second-order valence-electron chi connectivity index (χ2n) is 4.86. The Morgan fingerprint density at radius 1 is 1.40 bits per heavy atom. The summed E-state index contributed by atoms with van der Waals surface area (Å²) in [6.07, 6.45) is 3.23. The molecular formula is C12H21FN2. The zero-order valence-corrected chi connectivity index (χ0v) is 10.4. The lowest BCUT2D eigenvalue weighted by atomic mass is 9.83. The van der Waals surface area contributed by atoms with Crippen molar-refractivity contribution in [3.63, 3.8) is 0 Å². The van der Waals surface area contributed by atoms with Crippen molar-refractivity contribution in [1.82, 2.24) is 9.78 Å². The fourth-order valence-corrected chi connectivity index (χ4v) is 1.75. The van der Waals surface area contributed by atoms with Gasteiger partial charge in [-0.1, -0.05) is 33.6 Å². The smallest absolute Gasteiger partial charge is 0.167 e. The molecule has 1 heterocycles. The van der Waals surface area contributed by atoms with E-state index in [1.165, 1.54) is 0 Å². The van der Waals surface area contributed by atoms with E-state index in [1.807, 2.05) is 0 Å². The Balaban J connectivity index is 2.98. The number of hydrogen-bond acceptors (Lipinski definition) is 1. The van der Waals surface area contributed by atoms with E-state index >= 15 is 0 Å². The topological polar surface area (TPSA) is 17.8 Å². The lowest BCUT2D eigenvalue weighted by Crippen LogP contribution is -2.19. The van der Waals surface area contributed by atoms with E-state index < -0.39 is 0 Å². The first-order valence-corrected chi connectivity index (χ1v) is 5.59. The minimum Gasteiger partial charge on any atom is -0.270 e. The van der Waals surface area contributed by atoms with Gasteiger partial charge in [-0.05, 0) is 13.3 Å². The monoisotopic (exact) mass is 212 g/mol. The van der Waals surface area contributed by atoms with Crippen LogP contribution < -0.4 is 0 Å². The Kier molecular flexibility index (Phi) is 3.53. The highest BCUT2D eigenvalue weighted by atomic mass is 19.1. The van der Waals surface area contributed by atoms with Gasteiger partial charge in [-0.2, -0.15) is 5.10 Å². The zero-order chi connectivity index (χ0) is 11.6. The number of hydrogen-bond donors (Lipinski definition) is 0. The van der Waals surface area contributed by atoms with Crippen LogP contribution in [0.2, 0.25) is 0 Å². The first-order chi connectivity index (χ1) is 6.90. The van der Waals surface area contributed by atoms with Gasteiger partial charge in [-0.3, -0.25) is 4.68 Å². The minimum atomic E-state index is -0.161. The van der Waals surface area contributed by atoms with Crippen molar-refractivity contribution in [2.24, 2.45) is 7.05 Å². The zero-order valence-electron chi connectivity index (χ0n) is 10.4. The largest absolute Gasteiger partial charge is 0.270 e. The highest BCUT2D eigenvalue weighted by Crippen LogP contribution is 2.30. The van der Waals surface area contributed by atoms with Crippen molar-refractivity contribution < 1.29 is 4.39 Å². The molecule has 0 fully saturated rings. The molecule has 0 unspecified atom stereocenters. The summed E-state index contributed by atoms with van der Waals surface area (Å²) in [5.41, 5.74) is 1.07. The van der Waals surface area contributed by atoms with Gasteiger partial charge < -0.3 is 0 Å². The summed E-state index contributed by atoms with van der Waals surface area (Å²) >= 11 is 0. The lowest BCUT2D eigenvalue weighted by Gasteiger charge is -2.21. The van der Waals surface area contributed by atoms with Gasteiger partial charge in [0.05, 0.1) is 5.69 Å². The predicted molar refractivity (Wildman–Crippen MR) is 60.5 cm³/mol. The molecule has 0 atom stereocenters. The summed E-state index contributed by atoms with van der Waals surface area (Å²) in [6, 6.07) is 0.